The number of piperazine rings is 1. The lowest BCUT2D eigenvalue weighted by atomic mass is 10.1. The Hall–Kier alpha value is -1.55. The zero-order chi connectivity index (χ0) is 14.7. The maximum atomic E-state index is 12.4. The summed E-state index contributed by atoms with van der Waals surface area (Å²) in [6.07, 6.45) is 0. The molecular weight excluding hydrogens is 252 g/mol. The number of phenolic OH excluding ortho intramolecular Hbond substituents is 1. The number of rotatable bonds is 3. The van der Waals surface area contributed by atoms with Crippen molar-refractivity contribution in [2.75, 3.05) is 32.7 Å². The molecule has 0 bridgehead atoms. The molecule has 4 heteroatoms. The van der Waals surface area contributed by atoms with Gasteiger partial charge >= 0.3 is 0 Å². The molecule has 1 N–H and O–H groups in total. The molecule has 1 aliphatic rings. The van der Waals surface area contributed by atoms with Crippen LogP contribution in [0.5, 0.6) is 5.75 Å². The molecule has 1 amide bonds. The van der Waals surface area contributed by atoms with Gasteiger partial charge in [-0.25, -0.2) is 0 Å². The van der Waals surface area contributed by atoms with E-state index in [1.54, 1.807) is 18.2 Å². The fraction of sp³-hybridized carbons (Fsp3) is 0.562. The van der Waals surface area contributed by atoms with Crippen LogP contribution in [0.3, 0.4) is 0 Å². The highest BCUT2D eigenvalue weighted by atomic mass is 16.3. The van der Waals surface area contributed by atoms with Gasteiger partial charge in [0.05, 0.1) is 0 Å². The van der Waals surface area contributed by atoms with Gasteiger partial charge in [-0.3, -0.25) is 9.69 Å². The second kappa shape index (κ2) is 6.27. The molecule has 0 aromatic heterocycles. The second-order valence-corrected chi connectivity index (χ2v) is 5.99. The standard InChI is InChI=1S/C16H24N2O2/c1-12(2)11-17-6-8-18(9-7-17)16(20)14-5-4-13(3)15(19)10-14/h4-5,10,12,19H,6-9,11H2,1-3H3. The molecule has 1 aliphatic heterocycles. The Labute approximate surface area is 121 Å². The predicted molar refractivity (Wildman–Crippen MR) is 80.0 cm³/mol. The van der Waals surface area contributed by atoms with Crippen LogP contribution in [0.4, 0.5) is 0 Å². The van der Waals surface area contributed by atoms with Crippen LogP contribution in [0.15, 0.2) is 18.2 Å². The van der Waals surface area contributed by atoms with Crippen molar-refractivity contribution in [1.29, 1.82) is 0 Å². The average Bonchev–Trinajstić information content (AvgIpc) is 2.41. The monoisotopic (exact) mass is 276 g/mol. The maximum absolute atomic E-state index is 12.4. The number of hydrogen-bond donors (Lipinski definition) is 1. The highest BCUT2D eigenvalue weighted by molar-refractivity contribution is 5.94. The molecule has 2 rings (SSSR count). The first kappa shape index (κ1) is 14.9. The zero-order valence-corrected chi connectivity index (χ0v) is 12.6. The van der Waals surface area contributed by atoms with E-state index in [9.17, 15) is 9.90 Å². The van der Waals surface area contributed by atoms with E-state index in [1.165, 1.54) is 0 Å². The van der Waals surface area contributed by atoms with Crippen LogP contribution in [0, 0.1) is 12.8 Å². The highest BCUT2D eigenvalue weighted by Gasteiger charge is 2.22. The lowest BCUT2D eigenvalue weighted by Gasteiger charge is -2.35. The summed E-state index contributed by atoms with van der Waals surface area (Å²) in [5.41, 5.74) is 1.37. The minimum Gasteiger partial charge on any atom is -0.508 e. The fourth-order valence-electron chi connectivity index (χ4n) is 2.57. The molecule has 0 unspecified atom stereocenters. The summed E-state index contributed by atoms with van der Waals surface area (Å²) in [7, 11) is 0. The summed E-state index contributed by atoms with van der Waals surface area (Å²) >= 11 is 0. The lowest BCUT2D eigenvalue weighted by Crippen LogP contribution is -2.49. The van der Waals surface area contributed by atoms with Gasteiger partial charge in [-0.2, -0.15) is 0 Å². The van der Waals surface area contributed by atoms with Crippen LogP contribution in [0.2, 0.25) is 0 Å². The number of aromatic hydroxyl groups is 1. The number of carbonyl (C=O) groups excluding carboxylic acids is 1. The van der Waals surface area contributed by atoms with Crippen LogP contribution in [-0.4, -0.2) is 53.5 Å². The average molecular weight is 276 g/mol. The van der Waals surface area contributed by atoms with Crippen LogP contribution < -0.4 is 0 Å². The molecule has 1 aromatic rings. The minimum absolute atomic E-state index is 0.0181. The molecule has 20 heavy (non-hydrogen) atoms. The highest BCUT2D eigenvalue weighted by Crippen LogP contribution is 2.19. The molecule has 0 saturated carbocycles. The van der Waals surface area contributed by atoms with Gasteiger partial charge in [-0.1, -0.05) is 19.9 Å². The van der Waals surface area contributed by atoms with Crippen molar-refractivity contribution in [1.82, 2.24) is 9.80 Å². The maximum Gasteiger partial charge on any atom is 0.254 e. The van der Waals surface area contributed by atoms with E-state index in [0.717, 1.165) is 38.3 Å². The first-order valence-electron chi connectivity index (χ1n) is 7.28. The van der Waals surface area contributed by atoms with Gasteiger partial charge in [0.2, 0.25) is 0 Å². The first-order valence-corrected chi connectivity index (χ1v) is 7.28. The van der Waals surface area contributed by atoms with Gasteiger partial charge in [0.25, 0.3) is 5.91 Å². The third-order valence-corrected chi connectivity index (χ3v) is 3.74. The van der Waals surface area contributed by atoms with Crippen molar-refractivity contribution in [3.63, 3.8) is 0 Å². The number of amides is 1. The van der Waals surface area contributed by atoms with E-state index >= 15 is 0 Å². The summed E-state index contributed by atoms with van der Waals surface area (Å²) in [5, 5.41) is 9.71. The Balaban J connectivity index is 1.96. The molecule has 110 valence electrons. The normalized spacial score (nSPS) is 16.7. The summed E-state index contributed by atoms with van der Waals surface area (Å²) in [4.78, 5) is 16.7. The molecule has 1 heterocycles. The number of carbonyl (C=O) groups is 1. The summed E-state index contributed by atoms with van der Waals surface area (Å²) < 4.78 is 0. The van der Waals surface area contributed by atoms with Gasteiger partial charge in [-0.05, 0) is 30.5 Å². The number of aryl methyl sites for hydroxylation is 1. The summed E-state index contributed by atoms with van der Waals surface area (Å²) in [6.45, 7) is 10.7. The van der Waals surface area contributed by atoms with E-state index in [-0.39, 0.29) is 11.7 Å². The number of benzene rings is 1. The first-order chi connectivity index (χ1) is 9.47. The molecule has 4 nitrogen and oxygen atoms in total. The summed E-state index contributed by atoms with van der Waals surface area (Å²) in [5.74, 6) is 0.866. The van der Waals surface area contributed by atoms with Crippen molar-refractivity contribution in [3.05, 3.63) is 29.3 Å². The Morgan fingerprint density at radius 2 is 1.90 bits per heavy atom. The quantitative estimate of drug-likeness (QED) is 0.919. The van der Waals surface area contributed by atoms with Crippen molar-refractivity contribution in [2.45, 2.75) is 20.8 Å². The largest absolute Gasteiger partial charge is 0.508 e. The van der Waals surface area contributed by atoms with Gasteiger partial charge in [0.15, 0.2) is 0 Å². The third-order valence-electron chi connectivity index (χ3n) is 3.74. The van der Waals surface area contributed by atoms with Crippen molar-refractivity contribution in [3.8, 4) is 5.75 Å². The van der Waals surface area contributed by atoms with E-state index in [2.05, 4.69) is 18.7 Å². The summed E-state index contributed by atoms with van der Waals surface area (Å²) in [6, 6.07) is 5.15. The van der Waals surface area contributed by atoms with Gasteiger partial charge in [-0.15, -0.1) is 0 Å². The molecule has 0 atom stereocenters. The fourth-order valence-corrected chi connectivity index (χ4v) is 2.57. The predicted octanol–water partition coefficient (Wildman–Crippen LogP) is 2.11. The van der Waals surface area contributed by atoms with Gasteiger partial charge in [0, 0.05) is 38.3 Å². The van der Waals surface area contributed by atoms with E-state index in [0.29, 0.717) is 11.5 Å². The zero-order valence-electron chi connectivity index (χ0n) is 12.6. The van der Waals surface area contributed by atoms with E-state index in [4.69, 9.17) is 0 Å². The lowest BCUT2D eigenvalue weighted by molar-refractivity contribution is 0.0623. The Kier molecular flexibility index (Phi) is 4.65. The number of nitrogens with zero attached hydrogens (tertiary/aromatic N) is 2. The molecule has 1 aromatic carbocycles. The van der Waals surface area contributed by atoms with E-state index in [1.807, 2.05) is 11.8 Å². The van der Waals surface area contributed by atoms with Gasteiger partial charge in [0.1, 0.15) is 5.75 Å². The molecule has 0 spiro atoms. The number of hydrogen-bond acceptors (Lipinski definition) is 3. The molecule has 1 fully saturated rings. The van der Waals surface area contributed by atoms with Crippen LogP contribution >= 0.6 is 0 Å². The Bertz CT molecular complexity index is 477. The van der Waals surface area contributed by atoms with Crippen LogP contribution in [-0.2, 0) is 0 Å². The molecule has 0 radical (unpaired) electrons. The Morgan fingerprint density at radius 3 is 2.45 bits per heavy atom. The molecular formula is C16H24N2O2. The second-order valence-electron chi connectivity index (χ2n) is 5.99. The molecule has 1 saturated heterocycles. The van der Waals surface area contributed by atoms with E-state index < -0.39 is 0 Å². The van der Waals surface area contributed by atoms with Crippen LogP contribution in [0.1, 0.15) is 29.8 Å². The SMILES string of the molecule is Cc1ccc(C(=O)N2CCN(CC(C)C)CC2)cc1O. The number of phenols is 1. The Morgan fingerprint density at radius 1 is 1.25 bits per heavy atom. The topological polar surface area (TPSA) is 43.8 Å². The van der Waals surface area contributed by atoms with Crippen molar-refractivity contribution < 1.29 is 9.90 Å². The van der Waals surface area contributed by atoms with Crippen LogP contribution in [0.25, 0.3) is 0 Å². The van der Waals surface area contributed by atoms with Crippen molar-refractivity contribution in [2.24, 2.45) is 5.92 Å². The smallest absolute Gasteiger partial charge is 0.254 e. The minimum atomic E-state index is 0.0181. The van der Waals surface area contributed by atoms with Crippen molar-refractivity contribution >= 4 is 5.91 Å². The van der Waals surface area contributed by atoms with Gasteiger partial charge < -0.3 is 10.0 Å². The third kappa shape index (κ3) is 3.51. The molecule has 0 aliphatic carbocycles.